The minimum atomic E-state index is -0.273. The Hall–Kier alpha value is -2.20. The standard InChI is InChI=1S/C16H15ClN2O2/c17-12-6-2-3-7-14(12)19-16(20)18-13-9-10-21-15-8-4-1-5-11(13)15/h1-8,13H,9-10H2,(H2,18,19,20). The molecule has 0 fully saturated rings. The van der Waals surface area contributed by atoms with Crippen LogP contribution in [0, 0.1) is 0 Å². The second-order valence-corrected chi connectivity index (χ2v) is 5.21. The van der Waals surface area contributed by atoms with Gasteiger partial charge < -0.3 is 15.4 Å². The van der Waals surface area contributed by atoms with Gasteiger partial charge in [-0.1, -0.05) is 41.9 Å². The second kappa shape index (κ2) is 6.06. The predicted molar refractivity (Wildman–Crippen MR) is 82.9 cm³/mol. The minimum absolute atomic E-state index is 0.0579. The number of carbonyl (C=O) groups excluding carboxylic acids is 1. The van der Waals surface area contributed by atoms with Crippen molar-refractivity contribution in [3.05, 3.63) is 59.1 Å². The van der Waals surface area contributed by atoms with Gasteiger partial charge in [-0.2, -0.15) is 0 Å². The highest BCUT2D eigenvalue weighted by molar-refractivity contribution is 6.33. The molecule has 0 bridgehead atoms. The normalized spacial score (nSPS) is 16.5. The third-order valence-corrected chi connectivity index (χ3v) is 3.72. The number of para-hydroxylation sites is 2. The summed E-state index contributed by atoms with van der Waals surface area (Å²) in [5.41, 5.74) is 1.59. The lowest BCUT2D eigenvalue weighted by Gasteiger charge is -2.26. The SMILES string of the molecule is O=C(Nc1ccccc1Cl)NC1CCOc2ccccc21. The smallest absolute Gasteiger partial charge is 0.319 e. The van der Waals surface area contributed by atoms with E-state index in [4.69, 9.17) is 16.3 Å². The van der Waals surface area contributed by atoms with Crippen molar-refractivity contribution < 1.29 is 9.53 Å². The second-order valence-electron chi connectivity index (χ2n) is 4.81. The minimum Gasteiger partial charge on any atom is -0.493 e. The number of hydrogen-bond acceptors (Lipinski definition) is 2. The molecule has 0 saturated carbocycles. The van der Waals surface area contributed by atoms with Crippen LogP contribution < -0.4 is 15.4 Å². The molecule has 0 aliphatic carbocycles. The molecule has 4 nitrogen and oxygen atoms in total. The highest BCUT2D eigenvalue weighted by Gasteiger charge is 2.22. The summed E-state index contributed by atoms with van der Waals surface area (Å²) >= 11 is 6.03. The largest absolute Gasteiger partial charge is 0.493 e. The molecular formula is C16H15ClN2O2. The number of ether oxygens (including phenoxy) is 1. The fourth-order valence-corrected chi connectivity index (χ4v) is 2.55. The Labute approximate surface area is 128 Å². The van der Waals surface area contributed by atoms with E-state index in [-0.39, 0.29) is 12.1 Å². The fraction of sp³-hybridized carbons (Fsp3) is 0.188. The van der Waals surface area contributed by atoms with E-state index >= 15 is 0 Å². The van der Waals surface area contributed by atoms with Gasteiger partial charge in [-0.05, 0) is 18.2 Å². The Morgan fingerprint density at radius 1 is 1.14 bits per heavy atom. The zero-order chi connectivity index (χ0) is 14.7. The lowest BCUT2D eigenvalue weighted by molar-refractivity contribution is 0.232. The van der Waals surface area contributed by atoms with E-state index in [1.165, 1.54) is 0 Å². The molecule has 0 aromatic heterocycles. The summed E-state index contributed by atoms with van der Waals surface area (Å²) in [5, 5.41) is 6.24. The maximum Gasteiger partial charge on any atom is 0.319 e. The lowest BCUT2D eigenvalue weighted by atomic mass is 10.0. The summed E-state index contributed by atoms with van der Waals surface area (Å²) < 4.78 is 5.58. The Bertz CT molecular complexity index is 660. The van der Waals surface area contributed by atoms with Crippen molar-refractivity contribution >= 4 is 23.3 Å². The molecule has 3 rings (SSSR count). The van der Waals surface area contributed by atoms with Crippen LogP contribution in [0.3, 0.4) is 0 Å². The van der Waals surface area contributed by atoms with Crippen molar-refractivity contribution in [2.45, 2.75) is 12.5 Å². The topological polar surface area (TPSA) is 50.4 Å². The quantitative estimate of drug-likeness (QED) is 0.881. The number of anilines is 1. The molecule has 2 aromatic carbocycles. The first kappa shape index (κ1) is 13.8. The number of nitrogens with one attached hydrogen (secondary N) is 2. The molecule has 1 aliphatic rings. The van der Waals surface area contributed by atoms with E-state index in [1.807, 2.05) is 36.4 Å². The molecule has 1 unspecified atom stereocenters. The van der Waals surface area contributed by atoms with Gasteiger partial charge in [0.2, 0.25) is 0 Å². The maximum atomic E-state index is 12.1. The van der Waals surface area contributed by atoms with Gasteiger partial charge in [-0.15, -0.1) is 0 Å². The van der Waals surface area contributed by atoms with E-state index in [0.29, 0.717) is 17.3 Å². The number of amides is 2. The highest BCUT2D eigenvalue weighted by Crippen LogP contribution is 2.31. The van der Waals surface area contributed by atoms with E-state index in [9.17, 15) is 4.79 Å². The number of rotatable bonds is 2. The Morgan fingerprint density at radius 3 is 2.76 bits per heavy atom. The summed E-state index contributed by atoms with van der Waals surface area (Å²) in [6, 6.07) is 14.6. The first-order valence-electron chi connectivity index (χ1n) is 6.78. The molecule has 21 heavy (non-hydrogen) atoms. The maximum absolute atomic E-state index is 12.1. The molecule has 1 heterocycles. The van der Waals surface area contributed by atoms with Gasteiger partial charge in [0.15, 0.2) is 0 Å². The zero-order valence-corrected chi connectivity index (χ0v) is 12.1. The average Bonchev–Trinajstić information content (AvgIpc) is 2.50. The van der Waals surface area contributed by atoms with Crippen molar-refractivity contribution in [2.75, 3.05) is 11.9 Å². The number of halogens is 1. The van der Waals surface area contributed by atoms with Crippen LogP contribution in [0.25, 0.3) is 0 Å². The molecule has 1 atom stereocenters. The van der Waals surface area contributed by atoms with Crippen LogP contribution in [0.5, 0.6) is 5.75 Å². The summed E-state index contributed by atoms with van der Waals surface area (Å²) in [7, 11) is 0. The number of hydrogen-bond donors (Lipinski definition) is 2. The average molecular weight is 303 g/mol. The summed E-state index contributed by atoms with van der Waals surface area (Å²) in [6.45, 7) is 0.591. The molecule has 5 heteroatoms. The molecule has 2 amide bonds. The van der Waals surface area contributed by atoms with Gasteiger partial charge in [0.25, 0.3) is 0 Å². The third-order valence-electron chi connectivity index (χ3n) is 3.39. The molecule has 2 aromatic rings. The third kappa shape index (κ3) is 3.11. The molecule has 108 valence electrons. The van der Waals surface area contributed by atoms with Crippen molar-refractivity contribution in [3.8, 4) is 5.75 Å². The van der Waals surface area contributed by atoms with E-state index in [0.717, 1.165) is 17.7 Å². The lowest BCUT2D eigenvalue weighted by Crippen LogP contribution is -2.35. The fourth-order valence-electron chi connectivity index (χ4n) is 2.37. The monoisotopic (exact) mass is 302 g/mol. The highest BCUT2D eigenvalue weighted by atomic mass is 35.5. The summed E-state index contributed by atoms with van der Waals surface area (Å²) in [4.78, 5) is 12.1. The molecular weight excluding hydrogens is 288 g/mol. The number of benzene rings is 2. The van der Waals surface area contributed by atoms with Crippen molar-refractivity contribution in [1.82, 2.24) is 5.32 Å². The molecule has 0 saturated heterocycles. The predicted octanol–water partition coefficient (Wildman–Crippen LogP) is 3.99. The van der Waals surface area contributed by atoms with Gasteiger partial charge in [0.1, 0.15) is 5.75 Å². The van der Waals surface area contributed by atoms with Crippen LogP contribution in [-0.4, -0.2) is 12.6 Å². The van der Waals surface area contributed by atoms with E-state index < -0.39 is 0 Å². The van der Waals surface area contributed by atoms with Crippen LogP contribution in [0.2, 0.25) is 5.02 Å². The van der Waals surface area contributed by atoms with Crippen LogP contribution >= 0.6 is 11.6 Å². The van der Waals surface area contributed by atoms with Gasteiger partial charge in [0, 0.05) is 12.0 Å². The Kier molecular flexibility index (Phi) is 3.97. The van der Waals surface area contributed by atoms with Gasteiger partial charge in [-0.25, -0.2) is 4.79 Å². The Balaban J connectivity index is 1.70. The van der Waals surface area contributed by atoms with Crippen LogP contribution in [-0.2, 0) is 0 Å². The van der Waals surface area contributed by atoms with Crippen molar-refractivity contribution in [1.29, 1.82) is 0 Å². The van der Waals surface area contributed by atoms with E-state index in [2.05, 4.69) is 10.6 Å². The van der Waals surface area contributed by atoms with E-state index in [1.54, 1.807) is 12.1 Å². The number of carbonyl (C=O) groups is 1. The van der Waals surface area contributed by atoms with Gasteiger partial charge in [0.05, 0.1) is 23.4 Å². The van der Waals surface area contributed by atoms with Crippen LogP contribution in [0.1, 0.15) is 18.0 Å². The molecule has 0 radical (unpaired) electrons. The van der Waals surface area contributed by atoms with Crippen LogP contribution in [0.4, 0.5) is 10.5 Å². The Morgan fingerprint density at radius 2 is 1.90 bits per heavy atom. The molecule has 1 aliphatic heterocycles. The zero-order valence-electron chi connectivity index (χ0n) is 11.3. The summed E-state index contributed by atoms with van der Waals surface area (Å²) in [5.74, 6) is 0.826. The molecule has 2 N–H and O–H groups in total. The van der Waals surface area contributed by atoms with Crippen LogP contribution in [0.15, 0.2) is 48.5 Å². The van der Waals surface area contributed by atoms with Gasteiger partial charge >= 0.3 is 6.03 Å². The van der Waals surface area contributed by atoms with Gasteiger partial charge in [-0.3, -0.25) is 0 Å². The number of fused-ring (bicyclic) bond motifs is 1. The van der Waals surface area contributed by atoms with Crippen molar-refractivity contribution in [3.63, 3.8) is 0 Å². The first-order chi connectivity index (χ1) is 10.2. The summed E-state index contributed by atoms with van der Waals surface area (Å²) in [6.07, 6.45) is 0.743. The first-order valence-corrected chi connectivity index (χ1v) is 7.15. The van der Waals surface area contributed by atoms with Crippen molar-refractivity contribution in [2.24, 2.45) is 0 Å². The number of urea groups is 1. The molecule has 0 spiro atoms.